The average Bonchev–Trinajstić information content (AvgIpc) is 2.60. The van der Waals surface area contributed by atoms with Crippen LogP contribution in [0.3, 0.4) is 0 Å². The van der Waals surface area contributed by atoms with Crippen molar-refractivity contribution in [3.05, 3.63) is 17.5 Å². The van der Waals surface area contributed by atoms with Crippen molar-refractivity contribution in [3.63, 3.8) is 0 Å². The molecule has 5 heteroatoms. The molecule has 1 amide bonds. The number of carbonyl (C=O) groups excluding carboxylic acids is 1. The van der Waals surface area contributed by atoms with E-state index in [4.69, 9.17) is 4.84 Å². The second-order valence-electron chi connectivity index (χ2n) is 3.71. The molecule has 82 valence electrons. The van der Waals surface area contributed by atoms with Crippen LogP contribution in [0, 0.1) is 6.92 Å². The average molecular weight is 209 g/mol. The summed E-state index contributed by atoms with van der Waals surface area (Å²) in [7, 11) is 1.82. The molecule has 0 atom stereocenters. The molecule has 1 aliphatic rings. The van der Waals surface area contributed by atoms with E-state index in [1.54, 1.807) is 10.9 Å². The standard InChI is InChI=1S/C10H15N3O2/c1-8-9(7-11-12(8)2)10(14)13-5-3-4-6-15-13/h7H,3-6H2,1-2H3. The molecular weight excluding hydrogens is 194 g/mol. The Morgan fingerprint density at radius 1 is 1.53 bits per heavy atom. The number of hydroxylamine groups is 2. The van der Waals surface area contributed by atoms with E-state index in [9.17, 15) is 4.79 Å². The molecule has 0 N–H and O–H groups in total. The van der Waals surface area contributed by atoms with E-state index in [-0.39, 0.29) is 5.91 Å². The fraction of sp³-hybridized carbons (Fsp3) is 0.600. The van der Waals surface area contributed by atoms with Crippen LogP contribution >= 0.6 is 0 Å². The van der Waals surface area contributed by atoms with Crippen LogP contribution in [0.15, 0.2) is 6.20 Å². The Bertz CT molecular complexity index is 367. The van der Waals surface area contributed by atoms with Crippen LogP contribution in [-0.2, 0) is 11.9 Å². The molecule has 0 radical (unpaired) electrons. The van der Waals surface area contributed by atoms with Gasteiger partial charge >= 0.3 is 0 Å². The lowest BCUT2D eigenvalue weighted by molar-refractivity contribution is -0.144. The molecular formula is C10H15N3O2. The van der Waals surface area contributed by atoms with Gasteiger partial charge in [-0.15, -0.1) is 0 Å². The van der Waals surface area contributed by atoms with Gasteiger partial charge < -0.3 is 0 Å². The molecule has 1 aromatic rings. The molecule has 2 rings (SSSR count). The topological polar surface area (TPSA) is 47.4 Å². The smallest absolute Gasteiger partial charge is 0.272 e. The number of aryl methyl sites for hydroxylation is 1. The van der Waals surface area contributed by atoms with Crippen molar-refractivity contribution in [2.45, 2.75) is 19.8 Å². The second-order valence-corrected chi connectivity index (χ2v) is 3.71. The van der Waals surface area contributed by atoms with Crippen molar-refractivity contribution in [1.29, 1.82) is 0 Å². The Labute approximate surface area is 88.6 Å². The largest absolute Gasteiger partial charge is 0.280 e. The predicted molar refractivity (Wildman–Crippen MR) is 54.2 cm³/mol. The van der Waals surface area contributed by atoms with E-state index in [1.165, 1.54) is 5.06 Å². The van der Waals surface area contributed by atoms with Gasteiger partial charge in [0.2, 0.25) is 0 Å². The van der Waals surface area contributed by atoms with Crippen molar-refractivity contribution >= 4 is 5.91 Å². The summed E-state index contributed by atoms with van der Waals surface area (Å²) in [4.78, 5) is 17.3. The lowest BCUT2D eigenvalue weighted by atomic mass is 10.2. The molecule has 5 nitrogen and oxygen atoms in total. The highest BCUT2D eigenvalue weighted by Gasteiger charge is 2.22. The van der Waals surface area contributed by atoms with Crippen molar-refractivity contribution in [1.82, 2.24) is 14.8 Å². The Morgan fingerprint density at radius 3 is 2.87 bits per heavy atom. The minimum absolute atomic E-state index is 0.0831. The van der Waals surface area contributed by atoms with Gasteiger partial charge in [-0.1, -0.05) is 0 Å². The molecule has 1 saturated heterocycles. The maximum Gasteiger partial charge on any atom is 0.280 e. The molecule has 0 unspecified atom stereocenters. The molecule has 1 fully saturated rings. The summed E-state index contributed by atoms with van der Waals surface area (Å²) in [5.41, 5.74) is 1.49. The summed E-state index contributed by atoms with van der Waals surface area (Å²) in [6.07, 6.45) is 3.62. The van der Waals surface area contributed by atoms with Crippen LogP contribution in [0.5, 0.6) is 0 Å². The van der Waals surface area contributed by atoms with Gasteiger partial charge in [-0.25, -0.2) is 5.06 Å². The van der Waals surface area contributed by atoms with E-state index in [2.05, 4.69) is 5.10 Å². The zero-order chi connectivity index (χ0) is 10.8. The Hall–Kier alpha value is -1.36. The molecule has 0 aliphatic carbocycles. The number of amides is 1. The molecule has 0 spiro atoms. The Kier molecular flexibility index (Phi) is 2.73. The molecule has 0 saturated carbocycles. The van der Waals surface area contributed by atoms with Crippen molar-refractivity contribution in [2.75, 3.05) is 13.2 Å². The van der Waals surface area contributed by atoms with Crippen LogP contribution in [-0.4, -0.2) is 33.9 Å². The molecule has 2 heterocycles. The van der Waals surface area contributed by atoms with E-state index < -0.39 is 0 Å². The fourth-order valence-electron chi connectivity index (χ4n) is 1.60. The summed E-state index contributed by atoms with van der Waals surface area (Å²) in [5.74, 6) is -0.0831. The number of hydrogen-bond donors (Lipinski definition) is 0. The van der Waals surface area contributed by atoms with Gasteiger partial charge in [0.15, 0.2) is 0 Å². The minimum atomic E-state index is -0.0831. The van der Waals surface area contributed by atoms with E-state index in [0.717, 1.165) is 18.5 Å². The Morgan fingerprint density at radius 2 is 2.33 bits per heavy atom. The zero-order valence-electron chi connectivity index (χ0n) is 9.06. The van der Waals surface area contributed by atoms with E-state index in [1.807, 2.05) is 14.0 Å². The van der Waals surface area contributed by atoms with Gasteiger partial charge in [-0.05, 0) is 19.8 Å². The highest BCUT2D eigenvalue weighted by atomic mass is 16.7. The lowest BCUT2D eigenvalue weighted by Crippen LogP contribution is -2.35. The first-order valence-corrected chi connectivity index (χ1v) is 5.13. The van der Waals surface area contributed by atoms with Gasteiger partial charge in [0.1, 0.15) is 0 Å². The summed E-state index contributed by atoms with van der Waals surface area (Å²) in [6, 6.07) is 0. The monoisotopic (exact) mass is 209 g/mol. The summed E-state index contributed by atoms with van der Waals surface area (Å²) in [6.45, 7) is 3.18. The third-order valence-corrected chi connectivity index (χ3v) is 2.69. The van der Waals surface area contributed by atoms with Crippen LogP contribution in [0.25, 0.3) is 0 Å². The number of rotatable bonds is 1. The summed E-state index contributed by atoms with van der Waals surface area (Å²) in [5, 5.41) is 5.48. The summed E-state index contributed by atoms with van der Waals surface area (Å²) < 4.78 is 1.69. The third kappa shape index (κ3) is 1.87. The number of hydrogen-bond acceptors (Lipinski definition) is 3. The highest BCUT2D eigenvalue weighted by Crippen LogP contribution is 2.13. The number of carbonyl (C=O) groups is 1. The third-order valence-electron chi connectivity index (χ3n) is 2.69. The minimum Gasteiger partial charge on any atom is -0.272 e. The van der Waals surface area contributed by atoms with Gasteiger partial charge in [-0.3, -0.25) is 14.3 Å². The number of aromatic nitrogens is 2. The lowest BCUT2D eigenvalue weighted by Gasteiger charge is -2.25. The molecule has 15 heavy (non-hydrogen) atoms. The van der Waals surface area contributed by atoms with E-state index in [0.29, 0.717) is 18.7 Å². The van der Waals surface area contributed by atoms with E-state index >= 15 is 0 Å². The maximum absolute atomic E-state index is 12.0. The Balaban J connectivity index is 2.16. The van der Waals surface area contributed by atoms with Gasteiger partial charge in [0, 0.05) is 19.3 Å². The van der Waals surface area contributed by atoms with Gasteiger partial charge in [-0.2, -0.15) is 5.10 Å². The molecule has 0 bridgehead atoms. The molecule has 1 aromatic heterocycles. The van der Waals surface area contributed by atoms with Crippen LogP contribution < -0.4 is 0 Å². The van der Waals surface area contributed by atoms with Crippen molar-refractivity contribution in [3.8, 4) is 0 Å². The van der Waals surface area contributed by atoms with Crippen LogP contribution in [0.4, 0.5) is 0 Å². The fourth-order valence-corrected chi connectivity index (χ4v) is 1.60. The maximum atomic E-state index is 12.0. The molecule has 0 aromatic carbocycles. The first-order chi connectivity index (χ1) is 7.20. The molecule has 1 aliphatic heterocycles. The number of nitrogens with zero attached hydrogens (tertiary/aromatic N) is 3. The first-order valence-electron chi connectivity index (χ1n) is 5.13. The SMILES string of the molecule is Cc1c(C(=O)N2CCCCO2)cnn1C. The first kappa shape index (κ1) is 10.2. The second kappa shape index (κ2) is 4.02. The quantitative estimate of drug-likeness (QED) is 0.690. The van der Waals surface area contributed by atoms with Crippen LogP contribution in [0.1, 0.15) is 28.9 Å². The van der Waals surface area contributed by atoms with Gasteiger partial charge in [0.25, 0.3) is 5.91 Å². The van der Waals surface area contributed by atoms with Gasteiger partial charge in [0.05, 0.1) is 18.4 Å². The summed E-state index contributed by atoms with van der Waals surface area (Å²) >= 11 is 0. The van der Waals surface area contributed by atoms with Crippen molar-refractivity contribution in [2.24, 2.45) is 7.05 Å². The van der Waals surface area contributed by atoms with Crippen molar-refractivity contribution < 1.29 is 9.63 Å². The zero-order valence-corrected chi connectivity index (χ0v) is 9.06. The normalized spacial score (nSPS) is 16.8. The predicted octanol–water partition coefficient (Wildman–Crippen LogP) is 0.896. The van der Waals surface area contributed by atoms with Crippen LogP contribution in [0.2, 0.25) is 0 Å². The highest BCUT2D eigenvalue weighted by molar-refractivity contribution is 5.94.